The zero-order valence-corrected chi connectivity index (χ0v) is 16.0. The van der Waals surface area contributed by atoms with Gasteiger partial charge in [-0.25, -0.2) is 16.9 Å². The van der Waals surface area contributed by atoms with Crippen LogP contribution in [0.1, 0.15) is 32.9 Å². The van der Waals surface area contributed by atoms with Crippen molar-refractivity contribution >= 4 is 12.0 Å². The fraction of sp³-hybridized carbons (Fsp3) is 0.444. The average molecular weight is 466 g/mol. The molecule has 1 aromatic heterocycles. The molecule has 0 amide bonds. The van der Waals surface area contributed by atoms with Gasteiger partial charge >= 0.3 is 5.97 Å². The summed E-state index contributed by atoms with van der Waals surface area (Å²) in [5.41, 5.74) is 2.99. The van der Waals surface area contributed by atoms with E-state index in [1.165, 1.54) is 5.57 Å². The minimum atomic E-state index is -0.123. The third kappa shape index (κ3) is 3.10. The van der Waals surface area contributed by atoms with Gasteiger partial charge in [-0.1, -0.05) is 32.2 Å². The van der Waals surface area contributed by atoms with Crippen molar-refractivity contribution < 1.29 is 30.6 Å². The van der Waals surface area contributed by atoms with Gasteiger partial charge in [0.2, 0.25) is 0 Å². The molecule has 2 heterocycles. The summed E-state index contributed by atoms with van der Waals surface area (Å²) in [4.78, 5) is 16.2. The minimum absolute atomic E-state index is 0. The molecule has 0 saturated heterocycles. The van der Waals surface area contributed by atoms with Gasteiger partial charge in [-0.2, -0.15) is 6.07 Å². The number of pyridine rings is 1. The first-order valence-electron chi connectivity index (χ1n) is 7.52. The summed E-state index contributed by atoms with van der Waals surface area (Å²) in [6.45, 7) is 6.44. The molecule has 116 valence electrons. The molecule has 2 aliphatic rings. The molecule has 0 bridgehead atoms. The molecule has 1 aliphatic carbocycles. The number of ether oxygens (including phenoxy) is 1. The zero-order chi connectivity index (χ0) is 15.0. The fourth-order valence-corrected chi connectivity index (χ4v) is 3.39. The second kappa shape index (κ2) is 6.91. The predicted octanol–water partition coefficient (Wildman–Crippen LogP) is 3.43. The second-order valence-corrected chi connectivity index (χ2v) is 6.09. The van der Waals surface area contributed by atoms with Gasteiger partial charge in [0.15, 0.2) is 0 Å². The molecule has 4 atom stereocenters. The van der Waals surface area contributed by atoms with E-state index in [9.17, 15) is 4.79 Å². The van der Waals surface area contributed by atoms with Crippen LogP contribution in [-0.2, 0) is 30.6 Å². The van der Waals surface area contributed by atoms with Gasteiger partial charge in [-0.05, 0) is 36.4 Å². The Labute approximate surface area is 146 Å². The topological polar surface area (TPSA) is 39.2 Å². The van der Waals surface area contributed by atoms with Crippen molar-refractivity contribution in [2.24, 2.45) is 17.8 Å². The quantitative estimate of drug-likeness (QED) is 0.496. The maximum Gasteiger partial charge on any atom is 0.334 e. The van der Waals surface area contributed by atoms with Crippen LogP contribution >= 0.6 is 0 Å². The van der Waals surface area contributed by atoms with E-state index in [2.05, 4.69) is 31.0 Å². The van der Waals surface area contributed by atoms with Crippen LogP contribution in [0.5, 0.6) is 0 Å². The van der Waals surface area contributed by atoms with Crippen molar-refractivity contribution in [2.45, 2.75) is 33.3 Å². The molecule has 1 aliphatic heterocycles. The van der Waals surface area contributed by atoms with Crippen molar-refractivity contribution in [3.63, 3.8) is 0 Å². The van der Waals surface area contributed by atoms with E-state index < -0.39 is 0 Å². The SMILES string of the molecule is C[C@H]1[C@H](/C=C/c2cc[c-]cn2)C2=C(C[C@@H]1C)C(=O)O[C@@H]2C.[W]. The monoisotopic (exact) mass is 466 g/mol. The Balaban J connectivity index is 0.00000176. The Morgan fingerprint density at radius 2 is 2.14 bits per heavy atom. The standard InChI is InChI=1S/C18H20NO2.W/c1-11-10-16-17(13(3)21-18(16)20)15(12(11)2)8-7-14-6-4-5-9-19-14;/h4,6-9,11-13,15H,10H2,1-3H3;/q-1;/b8-7+;/t11-,12+,13+,15-;/m0./s1. The number of rotatable bonds is 2. The number of cyclic esters (lactones) is 1. The average Bonchev–Trinajstić information content (AvgIpc) is 2.75. The molecule has 3 rings (SSSR count). The van der Waals surface area contributed by atoms with Crippen molar-refractivity contribution in [3.8, 4) is 0 Å². The van der Waals surface area contributed by atoms with Gasteiger partial charge in [-0.3, -0.25) is 4.98 Å². The van der Waals surface area contributed by atoms with Gasteiger partial charge < -0.3 is 4.74 Å². The Morgan fingerprint density at radius 3 is 2.82 bits per heavy atom. The van der Waals surface area contributed by atoms with E-state index in [4.69, 9.17) is 4.74 Å². The van der Waals surface area contributed by atoms with E-state index in [0.29, 0.717) is 11.8 Å². The van der Waals surface area contributed by atoms with Crippen LogP contribution in [0.15, 0.2) is 35.6 Å². The summed E-state index contributed by atoms with van der Waals surface area (Å²) in [5, 5.41) is 0. The van der Waals surface area contributed by atoms with Crippen molar-refractivity contribution in [1.82, 2.24) is 4.98 Å². The summed E-state index contributed by atoms with van der Waals surface area (Å²) in [5.74, 6) is 1.10. The maximum atomic E-state index is 12.0. The number of carbonyl (C=O) groups excluding carboxylic acids is 1. The fourth-order valence-electron chi connectivity index (χ4n) is 3.39. The molecule has 3 nitrogen and oxygen atoms in total. The predicted molar refractivity (Wildman–Crippen MR) is 81.1 cm³/mol. The van der Waals surface area contributed by atoms with Gasteiger partial charge in [-0.15, -0.1) is 0 Å². The minimum Gasteiger partial charge on any atom is -0.455 e. The number of nitrogens with zero attached hydrogens (tertiary/aromatic N) is 1. The molecule has 0 unspecified atom stereocenters. The van der Waals surface area contributed by atoms with Gasteiger partial charge in [0, 0.05) is 32.6 Å². The molecular weight excluding hydrogens is 446 g/mol. The zero-order valence-electron chi connectivity index (χ0n) is 13.1. The smallest absolute Gasteiger partial charge is 0.334 e. The number of allylic oxidation sites excluding steroid dienone is 1. The Bertz CT molecular complexity index is 609. The first kappa shape index (κ1) is 17.1. The molecule has 4 heteroatoms. The van der Waals surface area contributed by atoms with Crippen molar-refractivity contribution in [1.29, 1.82) is 0 Å². The molecule has 0 saturated carbocycles. The van der Waals surface area contributed by atoms with Crippen LogP contribution in [-0.4, -0.2) is 17.1 Å². The summed E-state index contributed by atoms with van der Waals surface area (Å²) < 4.78 is 5.42. The second-order valence-electron chi connectivity index (χ2n) is 6.09. The maximum absolute atomic E-state index is 12.0. The van der Waals surface area contributed by atoms with Crippen LogP contribution in [0.2, 0.25) is 0 Å². The Kier molecular flexibility index (Phi) is 5.39. The van der Waals surface area contributed by atoms with E-state index in [-0.39, 0.29) is 39.1 Å². The normalized spacial score (nSPS) is 31.0. The molecule has 22 heavy (non-hydrogen) atoms. The number of carbonyl (C=O) groups is 1. The third-order valence-corrected chi connectivity index (χ3v) is 4.78. The number of hydrogen-bond donors (Lipinski definition) is 0. The summed E-state index contributed by atoms with van der Waals surface area (Å²) in [7, 11) is 0. The molecule has 0 aromatic carbocycles. The third-order valence-electron chi connectivity index (χ3n) is 4.78. The van der Waals surface area contributed by atoms with Crippen LogP contribution < -0.4 is 0 Å². The summed E-state index contributed by atoms with van der Waals surface area (Å²) in [6, 6.07) is 6.71. The molecule has 0 fully saturated rings. The van der Waals surface area contributed by atoms with E-state index in [0.717, 1.165) is 17.7 Å². The summed E-state index contributed by atoms with van der Waals surface area (Å²) >= 11 is 0. The van der Waals surface area contributed by atoms with E-state index >= 15 is 0 Å². The van der Waals surface area contributed by atoms with E-state index in [1.807, 2.05) is 25.1 Å². The van der Waals surface area contributed by atoms with Crippen LogP contribution in [0.4, 0.5) is 0 Å². The first-order chi connectivity index (χ1) is 10.1. The molecule has 0 spiro atoms. The number of esters is 1. The van der Waals surface area contributed by atoms with Crippen molar-refractivity contribution in [3.05, 3.63) is 47.3 Å². The van der Waals surface area contributed by atoms with Gasteiger partial charge in [0.05, 0.1) is 0 Å². The Hall–Kier alpha value is -1.21. The number of hydrogen-bond acceptors (Lipinski definition) is 3. The van der Waals surface area contributed by atoms with Gasteiger partial charge in [0.25, 0.3) is 0 Å². The van der Waals surface area contributed by atoms with Gasteiger partial charge in [0.1, 0.15) is 6.10 Å². The molecular formula is C18H20NO2W-. The van der Waals surface area contributed by atoms with Crippen LogP contribution in [0.3, 0.4) is 0 Å². The summed E-state index contributed by atoms with van der Waals surface area (Å²) in [6.07, 6.45) is 6.61. The van der Waals surface area contributed by atoms with Crippen LogP contribution in [0.25, 0.3) is 6.08 Å². The molecule has 0 radical (unpaired) electrons. The van der Waals surface area contributed by atoms with Crippen molar-refractivity contribution in [2.75, 3.05) is 0 Å². The first-order valence-corrected chi connectivity index (χ1v) is 7.52. The molecule has 0 N–H and O–H groups in total. The Morgan fingerprint density at radius 1 is 1.36 bits per heavy atom. The molecule has 1 aromatic rings. The number of aromatic nitrogens is 1. The van der Waals surface area contributed by atoms with E-state index in [1.54, 1.807) is 6.20 Å². The van der Waals surface area contributed by atoms with Crippen LogP contribution in [0, 0.1) is 23.8 Å². The largest absolute Gasteiger partial charge is 0.455 e.